The fraction of sp³-hybridized carbons (Fsp3) is 0.438. The third kappa shape index (κ3) is 6.31. The summed E-state index contributed by atoms with van der Waals surface area (Å²) < 4.78 is 10.8. The van der Waals surface area contributed by atoms with E-state index < -0.39 is 0 Å². The SMILES string of the molecule is C=CCNC(=O)COc1ccc(OC)cc1CNCCC. The zero-order valence-corrected chi connectivity index (χ0v) is 12.8. The maximum Gasteiger partial charge on any atom is 0.258 e. The van der Waals surface area contributed by atoms with Crippen molar-refractivity contribution in [3.05, 3.63) is 36.4 Å². The number of nitrogens with one attached hydrogen (secondary N) is 2. The highest BCUT2D eigenvalue weighted by molar-refractivity contribution is 5.77. The molecule has 0 aliphatic carbocycles. The number of benzene rings is 1. The van der Waals surface area contributed by atoms with Gasteiger partial charge in [0, 0.05) is 18.7 Å². The summed E-state index contributed by atoms with van der Waals surface area (Å²) in [6.45, 7) is 7.69. The summed E-state index contributed by atoms with van der Waals surface area (Å²) in [7, 11) is 1.63. The van der Waals surface area contributed by atoms with E-state index in [0.717, 1.165) is 24.3 Å². The van der Waals surface area contributed by atoms with Crippen LogP contribution in [0.2, 0.25) is 0 Å². The van der Waals surface area contributed by atoms with Crippen LogP contribution in [0, 0.1) is 0 Å². The number of hydrogen-bond donors (Lipinski definition) is 2. The van der Waals surface area contributed by atoms with Gasteiger partial charge in [-0.05, 0) is 31.2 Å². The number of methoxy groups -OCH3 is 1. The lowest BCUT2D eigenvalue weighted by molar-refractivity contribution is -0.122. The van der Waals surface area contributed by atoms with Crippen molar-refractivity contribution in [1.82, 2.24) is 10.6 Å². The minimum atomic E-state index is -0.168. The van der Waals surface area contributed by atoms with Crippen LogP contribution in [0.25, 0.3) is 0 Å². The fourth-order valence-corrected chi connectivity index (χ4v) is 1.74. The van der Waals surface area contributed by atoms with Gasteiger partial charge in [-0.1, -0.05) is 13.0 Å². The van der Waals surface area contributed by atoms with Crippen molar-refractivity contribution in [3.63, 3.8) is 0 Å². The van der Waals surface area contributed by atoms with Crippen LogP contribution in [0.3, 0.4) is 0 Å². The summed E-state index contributed by atoms with van der Waals surface area (Å²) in [5.41, 5.74) is 0.972. The van der Waals surface area contributed by atoms with E-state index in [9.17, 15) is 4.79 Å². The fourth-order valence-electron chi connectivity index (χ4n) is 1.74. The van der Waals surface area contributed by atoms with Gasteiger partial charge in [-0.3, -0.25) is 4.79 Å². The Kier molecular flexibility index (Phi) is 7.97. The molecule has 0 radical (unpaired) electrons. The van der Waals surface area contributed by atoms with Crippen LogP contribution in [0.5, 0.6) is 11.5 Å². The lowest BCUT2D eigenvalue weighted by Gasteiger charge is -2.13. The molecular formula is C16H24N2O3. The molecule has 1 rings (SSSR count). The molecule has 0 spiro atoms. The molecule has 0 aliphatic heterocycles. The number of amides is 1. The third-order valence-corrected chi connectivity index (χ3v) is 2.81. The van der Waals surface area contributed by atoms with Crippen LogP contribution < -0.4 is 20.1 Å². The van der Waals surface area contributed by atoms with Gasteiger partial charge in [-0.2, -0.15) is 0 Å². The van der Waals surface area contributed by atoms with Crippen molar-refractivity contribution >= 4 is 5.91 Å². The van der Waals surface area contributed by atoms with Gasteiger partial charge in [0.25, 0.3) is 5.91 Å². The lowest BCUT2D eigenvalue weighted by Crippen LogP contribution is -2.29. The second-order valence-electron chi connectivity index (χ2n) is 4.53. The maximum absolute atomic E-state index is 11.5. The molecular weight excluding hydrogens is 268 g/mol. The Bertz CT molecular complexity index is 461. The number of rotatable bonds is 10. The molecule has 0 fully saturated rings. The summed E-state index contributed by atoms with van der Waals surface area (Å²) >= 11 is 0. The highest BCUT2D eigenvalue weighted by Gasteiger charge is 2.08. The Morgan fingerprint density at radius 1 is 1.43 bits per heavy atom. The van der Waals surface area contributed by atoms with E-state index in [2.05, 4.69) is 24.1 Å². The number of ether oxygens (including phenoxy) is 2. The van der Waals surface area contributed by atoms with Crippen molar-refractivity contribution in [2.45, 2.75) is 19.9 Å². The van der Waals surface area contributed by atoms with Gasteiger partial charge in [0.1, 0.15) is 11.5 Å². The van der Waals surface area contributed by atoms with Crippen LogP contribution in [0.4, 0.5) is 0 Å². The number of carbonyl (C=O) groups is 1. The van der Waals surface area contributed by atoms with Crippen molar-refractivity contribution in [2.75, 3.05) is 26.8 Å². The molecule has 0 aliphatic rings. The van der Waals surface area contributed by atoms with E-state index in [0.29, 0.717) is 18.8 Å². The van der Waals surface area contributed by atoms with Crippen LogP contribution >= 0.6 is 0 Å². The van der Waals surface area contributed by atoms with Crippen LogP contribution in [0.15, 0.2) is 30.9 Å². The molecule has 2 N–H and O–H groups in total. The Labute approximate surface area is 126 Å². The van der Waals surface area contributed by atoms with Gasteiger partial charge in [-0.15, -0.1) is 6.58 Å². The Morgan fingerprint density at radius 2 is 2.24 bits per heavy atom. The monoisotopic (exact) mass is 292 g/mol. The van der Waals surface area contributed by atoms with Crippen molar-refractivity contribution in [1.29, 1.82) is 0 Å². The van der Waals surface area contributed by atoms with Gasteiger partial charge in [0.15, 0.2) is 6.61 Å². The first kappa shape index (κ1) is 17.0. The molecule has 0 unspecified atom stereocenters. The molecule has 0 bridgehead atoms. The van der Waals surface area contributed by atoms with E-state index >= 15 is 0 Å². The predicted octanol–water partition coefficient (Wildman–Crippen LogP) is 1.88. The summed E-state index contributed by atoms with van der Waals surface area (Å²) in [4.78, 5) is 11.5. The second-order valence-corrected chi connectivity index (χ2v) is 4.53. The first-order valence-corrected chi connectivity index (χ1v) is 7.09. The molecule has 1 amide bonds. The molecule has 21 heavy (non-hydrogen) atoms. The van der Waals surface area contributed by atoms with E-state index in [4.69, 9.17) is 9.47 Å². The van der Waals surface area contributed by atoms with Gasteiger partial charge < -0.3 is 20.1 Å². The van der Waals surface area contributed by atoms with E-state index in [1.165, 1.54) is 0 Å². The highest BCUT2D eigenvalue weighted by atomic mass is 16.5. The van der Waals surface area contributed by atoms with Crippen molar-refractivity contribution in [3.8, 4) is 11.5 Å². The molecule has 0 saturated heterocycles. The maximum atomic E-state index is 11.5. The molecule has 0 heterocycles. The Hall–Kier alpha value is -2.01. The Morgan fingerprint density at radius 3 is 2.90 bits per heavy atom. The Balaban J connectivity index is 2.65. The summed E-state index contributed by atoms with van der Waals surface area (Å²) in [5.74, 6) is 1.29. The average molecular weight is 292 g/mol. The number of carbonyl (C=O) groups excluding carboxylic acids is 1. The van der Waals surface area contributed by atoms with Gasteiger partial charge in [0.2, 0.25) is 0 Å². The van der Waals surface area contributed by atoms with Gasteiger partial charge in [0.05, 0.1) is 7.11 Å². The second kappa shape index (κ2) is 9.83. The first-order chi connectivity index (χ1) is 10.2. The zero-order valence-electron chi connectivity index (χ0n) is 12.8. The molecule has 0 saturated carbocycles. The molecule has 1 aromatic rings. The molecule has 1 aromatic carbocycles. The predicted molar refractivity (Wildman–Crippen MR) is 83.7 cm³/mol. The van der Waals surface area contributed by atoms with Crippen LogP contribution in [-0.2, 0) is 11.3 Å². The van der Waals surface area contributed by atoms with Crippen molar-refractivity contribution < 1.29 is 14.3 Å². The first-order valence-electron chi connectivity index (χ1n) is 7.09. The summed E-state index contributed by atoms with van der Waals surface area (Å²) in [5, 5.41) is 5.99. The molecule has 116 valence electrons. The standard InChI is InChI=1S/C16H24N2O3/c1-4-8-17-11-13-10-14(20-3)6-7-15(13)21-12-16(19)18-9-5-2/h5-7,10,17H,2,4,8-9,11-12H2,1,3H3,(H,18,19). The molecule has 5 heteroatoms. The quantitative estimate of drug-likeness (QED) is 0.510. The molecule has 0 atom stereocenters. The van der Waals surface area contributed by atoms with E-state index in [1.54, 1.807) is 13.2 Å². The highest BCUT2D eigenvalue weighted by Crippen LogP contribution is 2.24. The van der Waals surface area contributed by atoms with E-state index in [1.807, 2.05) is 18.2 Å². The minimum absolute atomic E-state index is 0.0129. The third-order valence-electron chi connectivity index (χ3n) is 2.81. The number of hydrogen-bond acceptors (Lipinski definition) is 4. The average Bonchev–Trinajstić information content (AvgIpc) is 2.51. The molecule has 0 aromatic heterocycles. The largest absolute Gasteiger partial charge is 0.497 e. The topological polar surface area (TPSA) is 59.6 Å². The normalized spacial score (nSPS) is 10.0. The van der Waals surface area contributed by atoms with Gasteiger partial charge >= 0.3 is 0 Å². The van der Waals surface area contributed by atoms with Crippen molar-refractivity contribution in [2.24, 2.45) is 0 Å². The van der Waals surface area contributed by atoms with Gasteiger partial charge in [-0.25, -0.2) is 0 Å². The van der Waals surface area contributed by atoms with Crippen LogP contribution in [0.1, 0.15) is 18.9 Å². The van der Waals surface area contributed by atoms with E-state index in [-0.39, 0.29) is 12.5 Å². The summed E-state index contributed by atoms with van der Waals surface area (Å²) in [6, 6.07) is 5.56. The van der Waals surface area contributed by atoms with Crippen LogP contribution in [-0.4, -0.2) is 32.7 Å². The minimum Gasteiger partial charge on any atom is -0.497 e. The smallest absolute Gasteiger partial charge is 0.258 e. The summed E-state index contributed by atoms with van der Waals surface area (Å²) in [6.07, 6.45) is 2.69. The molecule has 5 nitrogen and oxygen atoms in total. The zero-order chi connectivity index (χ0) is 15.5. The lowest BCUT2D eigenvalue weighted by atomic mass is 10.2.